The van der Waals surface area contributed by atoms with E-state index < -0.39 is 0 Å². The number of nitrogens with zero attached hydrogens (tertiary/aromatic N) is 2. The third kappa shape index (κ3) is 3.12. The van der Waals surface area contributed by atoms with Crippen molar-refractivity contribution in [3.05, 3.63) is 43.8 Å². The maximum absolute atomic E-state index is 6.23. The average molecular weight is 312 g/mol. The summed E-state index contributed by atoms with van der Waals surface area (Å²) in [6, 6.07) is 6.16. The second-order valence-corrected chi connectivity index (χ2v) is 6.59. The number of hydrogen-bond donors (Lipinski definition) is 1. The van der Waals surface area contributed by atoms with Crippen molar-refractivity contribution in [2.24, 2.45) is 5.73 Å². The molecule has 0 fully saturated rings. The summed E-state index contributed by atoms with van der Waals surface area (Å²) in [6.07, 6.45) is 0.836. The monoisotopic (exact) mass is 311 g/mol. The van der Waals surface area contributed by atoms with Crippen molar-refractivity contribution in [3.63, 3.8) is 0 Å². The lowest BCUT2D eigenvalue weighted by Crippen LogP contribution is -2.15. The van der Waals surface area contributed by atoms with Crippen molar-refractivity contribution in [3.8, 4) is 0 Å². The fraction of sp³-hybridized carbons (Fsp3) is 0.333. The van der Waals surface area contributed by atoms with Crippen LogP contribution in [0.1, 0.15) is 27.9 Å². The van der Waals surface area contributed by atoms with Gasteiger partial charge in [0.25, 0.3) is 0 Å². The van der Waals surface area contributed by atoms with Crippen LogP contribution in [0, 0.1) is 13.8 Å². The minimum atomic E-state index is -0.0188. The molecule has 0 aliphatic heterocycles. The quantitative estimate of drug-likeness (QED) is 0.947. The largest absolute Gasteiger partial charge is 0.324 e. The lowest BCUT2D eigenvalue weighted by atomic mass is 10.0. The maximum atomic E-state index is 6.23. The Hall–Kier alpha value is -0.780. The molecule has 3 nitrogen and oxygen atoms in total. The molecule has 17 heavy (non-hydrogen) atoms. The summed E-state index contributed by atoms with van der Waals surface area (Å²) in [5.41, 5.74) is 9.14. The fourth-order valence-corrected chi connectivity index (χ4v) is 3.27. The Kier molecular flexibility index (Phi) is 3.91. The molecule has 2 aromatic heterocycles. The number of aromatic nitrogens is 2. The molecule has 2 N–H and O–H groups in total. The second-order valence-electron chi connectivity index (χ2n) is 4.04. The standard InChI is InChI=1S/C12H14BrN3S/c1-7-5-10(8(2)16-15-7)11(14)6-9-3-4-12(13)17-9/h3-5,11H,6,14H2,1-2H3. The van der Waals surface area contributed by atoms with Gasteiger partial charge in [0.15, 0.2) is 0 Å². The zero-order chi connectivity index (χ0) is 12.4. The van der Waals surface area contributed by atoms with Crippen molar-refractivity contribution < 1.29 is 0 Å². The first-order valence-electron chi connectivity index (χ1n) is 5.37. The van der Waals surface area contributed by atoms with Gasteiger partial charge in [-0.15, -0.1) is 11.3 Å². The van der Waals surface area contributed by atoms with Crippen LogP contribution in [0.25, 0.3) is 0 Å². The molecule has 0 amide bonds. The Morgan fingerprint density at radius 2 is 2.12 bits per heavy atom. The molecule has 0 saturated heterocycles. The first-order chi connectivity index (χ1) is 8.06. The molecule has 0 saturated carbocycles. The lowest BCUT2D eigenvalue weighted by Gasteiger charge is -2.13. The van der Waals surface area contributed by atoms with E-state index in [1.165, 1.54) is 4.88 Å². The van der Waals surface area contributed by atoms with Gasteiger partial charge in [-0.1, -0.05) is 0 Å². The fourth-order valence-electron chi connectivity index (χ4n) is 1.73. The Morgan fingerprint density at radius 1 is 1.35 bits per heavy atom. The summed E-state index contributed by atoms with van der Waals surface area (Å²) < 4.78 is 1.14. The van der Waals surface area contributed by atoms with Crippen LogP contribution in [-0.2, 0) is 6.42 Å². The Bertz CT molecular complexity index is 524. The van der Waals surface area contributed by atoms with Gasteiger partial charge in [0.1, 0.15) is 0 Å². The summed E-state index contributed by atoms with van der Waals surface area (Å²) in [5, 5.41) is 8.13. The molecule has 2 rings (SSSR count). The molecule has 0 bridgehead atoms. The molecule has 0 aromatic carbocycles. The molecule has 0 aliphatic rings. The minimum Gasteiger partial charge on any atom is -0.324 e. The van der Waals surface area contributed by atoms with E-state index in [4.69, 9.17) is 5.73 Å². The second kappa shape index (κ2) is 5.25. The van der Waals surface area contributed by atoms with Gasteiger partial charge in [-0.2, -0.15) is 10.2 Å². The average Bonchev–Trinajstić information content (AvgIpc) is 2.67. The Balaban J connectivity index is 2.19. The van der Waals surface area contributed by atoms with Gasteiger partial charge in [-0.3, -0.25) is 0 Å². The normalized spacial score (nSPS) is 12.7. The van der Waals surface area contributed by atoms with Gasteiger partial charge in [0, 0.05) is 17.3 Å². The molecule has 0 spiro atoms. The van der Waals surface area contributed by atoms with E-state index in [1.54, 1.807) is 11.3 Å². The van der Waals surface area contributed by atoms with E-state index in [0.29, 0.717) is 0 Å². The number of aryl methyl sites for hydroxylation is 2. The molecule has 0 radical (unpaired) electrons. The SMILES string of the molecule is Cc1cc(C(N)Cc2ccc(Br)s2)c(C)nn1. The highest BCUT2D eigenvalue weighted by Crippen LogP contribution is 2.26. The first-order valence-corrected chi connectivity index (χ1v) is 6.98. The van der Waals surface area contributed by atoms with Crippen LogP contribution in [0.4, 0.5) is 0 Å². The number of halogens is 1. The van der Waals surface area contributed by atoms with Gasteiger partial charge in [0.05, 0.1) is 15.2 Å². The number of hydrogen-bond acceptors (Lipinski definition) is 4. The van der Waals surface area contributed by atoms with E-state index in [2.05, 4.69) is 38.3 Å². The summed E-state index contributed by atoms with van der Waals surface area (Å²) in [5.74, 6) is 0. The van der Waals surface area contributed by atoms with Gasteiger partial charge in [0.2, 0.25) is 0 Å². The van der Waals surface area contributed by atoms with Crippen LogP contribution >= 0.6 is 27.3 Å². The van der Waals surface area contributed by atoms with Crippen molar-refractivity contribution in [1.29, 1.82) is 0 Å². The van der Waals surface area contributed by atoms with E-state index in [-0.39, 0.29) is 6.04 Å². The predicted molar refractivity (Wildman–Crippen MR) is 74.2 cm³/mol. The van der Waals surface area contributed by atoms with Crippen molar-refractivity contribution in [1.82, 2.24) is 10.2 Å². The van der Waals surface area contributed by atoms with Crippen LogP contribution in [0.15, 0.2) is 22.0 Å². The topological polar surface area (TPSA) is 51.8 Å². The number of nitrogens with two attached hydrogens (primary N) is 1. The molecular weight excluding hydrogens is 298 g/mol. The van der Waals surface area contributed by atoms with Gasteiger partial charge in [-0.25, -0.2) is 0 Å². The summed E-state index contributed by atoms with van der Waals surface area (Å²) in [7, 11) is 0. The lowest BCUT2D eigenvalue weighted by molar-refractivity contribution is 0.707. The van der Waals surface area contributed by atoms with Crippen molar-refractivity contribution >= 4 is 27.3 Å². The van der Waals surface area contributed by atoms with E-state index in [1.807, 2.05) is 19.9 Å². The van der Waals surface area contributed by atoms with Gasteiger partial charge in [-0.05, 0) is 53.5 Å². The van der Waals surface area contributed by atoms with E-state index >= 15 is 0 Å². The summed E-state index contributed by atoms with van der Waals surface area (Å²) in [6.45, 7) is 3.89. The molecule has 5 heteroatoms. The van der Waals surface area contributed by atoms with Gasteiger partial charge >= 0.3 is 0 Å². The van der Waals surface area contributed by atoms with Gasteiger partial charge < -0.3 is 5.73 Å². The number of thiophene rings is 1. The zero-order valence-electron chi connectivity index (χ0n) is 9.77. The maximum Gasteiger partial charge on any atom is 0.0701 e. The smallest absolute Gasteiger partial charge is 0.0701 e. The summed E-state index contributed by atoms with van der Waals surface area (Å²) >= 11 is 5.18. The van der Waals surface area contributed by atoms with Crippen molar-refractivity contribution in [2.75, 3.05) is 0 Å². The molecule has 2 aromatic rings. The highest BCUT2D eigenvalue weighted by molar-refractivity contribution is 9.11. The van der Waals surface area contributed by atoms with Crippen LogP contribution < -0.4 is 5.73 Å². The zero-order valence-corrected chi connectivity index (χ0v) is 12.2. The minimum absolute atomic E-state index is 0.0188. The Labute approximate surface area is 113 Å². The third-order valence-electron chi connectivity index (χ3n) is 2.59. The van der Waals surface area contributed by atoms with E-state index in [9.17, 15) is 0 Å². The predicted octanol–water partition coefficient (Wildman–Crippen LogP) is 3.16. The summed E-state index contributed by atoms with van der Waals surface area (Å²) in [4.78, 5) is 1.28. The molecule has 1 unspecified atom stereocenters. The van der Waals surface area contributed by atoms with E-state index in [0.717, 1.165) is 27.2 Å². The highest BCUT2D eigenvalue weighted by Gasteiger charge is 2.12. The number of rotatable bonds is 3. The molecule has 90 valence electrons. The molecule has 0 aliphatic carbocycles. The van der Waals surface area contributed by atoms with Crippen molar-refractivity contribution in [2.45, 2.75) is 26.3 Å². The van der Waals surface area contributed by atoms with Crippen LogP contribution in [-0.4, -0.2) is 10.2 Å². The molecule has 2 heterocycles. The Morgan fingerprint density at radius 3 is 2.76 bits per heavy atom. The first kappa shape index (κ1) is 12.7. The van der Waals surface area contributed by atoms with Crippen LogP contribution in [0.2, 0.25) is 0 Å². The highest BCUT2D eigenvalue weighted by atomic mass is 79.9. The van der Waals surface area contributed by atoms with Crippen LogP contribution in [0.5, 0.6) is 0 Å². The molecular formula is C12H14BrN3S. The third-order valence-corrected chi connectivity index (χ3v) is 4.24. The van der Waals surface area contributed by atoms with Crippen LogP contribution in [0.3, 0.4) is 0 Å². The molecule has 1 atom stereocenters.